The van der Waals surface area contributed by atoms with Gasteiger partial charge in [-0.15, -0.1) is 0 Å². The number of aryl methyl sites for hydroxylation is 1. The summed E-state index contributed by atoms with van der Waals surface area (Å²) in [6.07, 6.45) is 2.22. The molecule has 0 saturated carbocycles. The van der Waals surface area contributed by atoms with Crippen molar-refractivity contribution in [1.29, 1.82) is 0 Å². The van der Waals surface area contributed by atoms with E-state index in [-0.39, 0.29) is 18.9 Å². The van der Waals surface area contributed by atoms with Gasteiger partial charge >= 0.3 is 5.97 Å². The van der Waals surface area contributed by atoms with Gasteiger partial charge in [0.05, 0.1) is 18.7 Å². The Balaban J connectivity index is 2.37. The fraction of sp³-hybridized carbons (Fsp3) is 0.400. The fourth-order valence-electron chi connectivity index (χ4n) is 2.21. The van der Waals surface area contributed by atoms with E-state index >= 15 is 0 Å². The van der Waals surface area contributed by atoms with Crippen molar-refractivity contribution in [1.82, 2.24) is 14.7 Å². The SMILES string of the molecule is CCOc1cccn2c(C(=O)NCCC(=O)O)c(CC)nc12. The number of pyridine rings is 1. The Morgan fingerprint density at radius 2 is 2.18 bits per heavy atom. The number of carboxylic acid groups (broad SMARTS) is 1. The summed E-state index contributed by atoms with van der Waals surface area (Å²) in [5, 5.41) is 11.3. The first-order valence-electron chi connectivity index (χ1n) is 7.21. The van der Waals surface area contributed by atoms with Crippen molar-refractivity contribution in [2.75, 3.05) is 13.2 Å². The number of nitrogens with zero attached hydrogens (tertiary/aromatic N) is 2. The summed E-state index contributed by atoms with van der Waals surface area (Å²) < 4.78 is 7.21. The van der Waals surface area contributed by atoms with Gasteiger partial charge in [0.1, 0.15) is 5.69 Å². The maximum Gasteiger partial charge on any atom is 0.305 e. The zero-order valence-electron chi connectivity index (χ0n) is 12.6. The number of carbonyl (C=O) groups excluding carboxylic acids is 1. The van der Waals surface area contributed by atoms with Crippen molar-refractivity contribution in [2.24, 2.45) is 0 Å². The van der Waals surface area contributed by atoms with Crippen molar-refractivity contribution in [3.63, 3.8) is 0 Å². The molecule has 7 heteroatoms. The number of amides is 1. The summed E-state index contributed by atoms with van der Waals surface area (Å²) in [6, 6.07) is 3.59. The highest BCUT2D eigenvalue weighted by Crippen LogP contribution is 2.22. The Morgan fingerprint density at radius 1 is 1.41 bits per heavy atom. The lowest BCUT2D eigenvalue weighted by molar-refractivity contribution is -0.136. The number of hydrogen-bond donors (Lipinski definition) is 2. The van der Waals surface area contributed by atoms with E-state index in [0.29, 0.717) is 35.8 Å². The van der Waals surface area contributed by atoms with Gasteiger partial charge in [-0.05, 0) is 25.5 Å². The van der Waals surface area contributed by atoms with Crippen LogP contribution in [0.5, 0.6) is 5.75 Å². The number of ether oxygens (including phenoxy) is 1. The molecule has 1 amide bonds. The van der Waals surface area contributed by atoms with Gasteiger partial charge in [0.2, 0.25) is 0 Å². The summed E-state index contributed by atoms with van der Waals surface area (Å²) in [7, 11) is 0. The lowest BCUT2D eigenvalue weighted by atomic mass is 10.2. The second kappa shape index (κ2) is 6.93. The monoisotopic (exact) mass is 305 g/mol. The molecular formula is C15H19N3O4. The molecule has 0 aromatic carbocycles. The first kappa shape index (κ1) is 15.8. The second-order valence-electron chi connectivity index (χ2n) is 4.66. The van der Waals surface area contributed by atoms with E-state index in [2.05, 4.69) is 10.3 Å². The van der Waals surface area contributed by atoms with Crippen LogP contribution in [0.3, 0.4) is 0 Å². The molecule has 0 spiro atoms. The Labute approximate surface area is 127 Å². The molecule has 118 valence electrons. The molecule has 0 atom stereocenters. The number of carbonyl (C=O) groups is 2. The third-order valence-corrected chi connectivity index (χ3v) is 3.16. The lowest BCUT2D eigenvalue weighted by Crippen LogP contribution is -2.28. The summed E-state index contributed by atoms with van der Waals surface area (Å²) in [5.74, 6) is -0.670. The van der Waals surface area contributed by atoms with Gasteiger partial charge in [-0.25, -0.2) is 4.98 Å². The third kappa shape index (κ3) is 3.19. The normalized spacial score (nSPS) is 10.6. The smallest absolute Gasteiger partial charge is 0.305 e. The van der Waals surface area contributed by atoms with Crippen LogP contribution in [0.1, 0.15) is 36.5 Å². The molecule has 2 aromatic rings. The maximum atomic E-state index is 12.3. The van der Waals surface area contributed by atoms with Crippen LogP contribution in [-0.2, 0) is 11.2 Å². The van der Waals surface area contributed by atoms with Gasteiger partial charge in [0, 0.05) is 12.7 Å². The average molecular weight is 305 g/mol. The molecule has 0 saturated heterocycles. The number of hydrogen-bond acceptors (Lipinski definition) is 4. The molecule has 0 aliphatic carbocycles. The molecule has 2 N–H and O–H groups in total. The van der Waals surface area contributed by atoms with Crippen molar-refractivity contribution >= 4 is 17.5 Å². The van der Waals surface area contributed by atoms with Gasteiger partial charge in [-0.3, -0.25) is 14.0 Å². The number of carboxylic acids is 1. The van der Waals surface area contributed by atoms with E-state index < -0.39 is 5.97 Å². The Kier molecular flexibility index (Phi) is 4.98. The summed E-state index contributed by atoms with van der Waals surface area (Å²) in [4.78, 5) is 27.4. The zero-order chi connectivity index (χ0) is 16.1. The summed E-state index contributed by atoms with van der Waals surface area (Å²) in [5.41, 5.74) is 1.66. The van der Waals surface area contributed by atoms with Crippen LogP contribution in [0.4, 0.5) is 0 Å². The van der Waals surface area contributed by atoms with E-state index in [1.165, 1.54) is 0 Å². The van der Waals surface area contributed by atoms with Crippen molar-refractivity contribution in [3.8, 4) is 5.75 Å². The molecule has 0 unspecified atom stereocenters. The molecule has 2 rings (SSSR count). The minimum atomic E-state index is -0.951. The van der Waals surface area contributed by atoms with Gasteiger partial charge in [0.15, 0.2) is 11.4 Å². The number of imidazole rings is 1. The minimum absolute atomic E-state index is 0.0791. The number of rotatable bonds is 7. The Hall–Kier alpha value is -2.57. The van der Waals surface area contributed by atoms with Crippen molar-refractivity contribution < 1.29 is 19.4 Å². The Morgan fingerprint density at radius 3 is 2.82 bits per heavy atom. The van der Waals surface area contributed by atoms with Crippen LogP contribution in [0, 0.1) is 0 Å². The lowest BCUT2D eigenvalue weighted by Gasteiger charge is -2.07. The highest BCUT2D eigenvalue weighted by Gasteiger charge is 2.20. The summed E-state index contributed by atoms with van der Waals surface area (Å²) >= 11 is 0. The molecule has 0 bridgehead atoms. The van der Waals surface area contributed by atoms with Crippen LogP contribution in [0.2, 0.25) is 0 Å². The number of aliphatic carboxylic acids is 1. The molecular weight excluding hydrogens is 286 g/mol. The molecule has 0 aliphatic heterocycles. The zero-order valence-corrected chi connectivity index (χ0v) is 12.6. The van der Waals surface area contributed by atoms with Crippen molar-refractivity contribution in [2.45, 2.75) is 26.7 Å². The van der Waals surface area contributed by atoms with Gasteiger partial charge in [-0.2, -0.15) is 0 Å². The van der Waals surface area contributed by atoms with E-state index in [4.69, 9.17) is 9.84 Å². The fourth-order valence-corrected chi connectivity index (χ4v) is 2.21. The topological polar surface area (TPSA) is 92.9 Å². The predicted molar refractivity (Wildman–Crippen MR) is 80.3 cm³/mol. The molecule has 7 nitrogen and oxygen atoms in total. The molecule has 2 heterocycles. The van der Waals surface area contributed by atoms with Crippen LogP contribution < -0.4 is 10.1 Å². The molecule has 0 aliphatic rings. The maximum absolute atomic E-state index is 12.3. The summed E-state index contributed by atoms with van der Waals surface area (Å²) in [6.45, 7) is 4.38. The molecule has 0 radical (unpaired) electrons. The molecule has 0 fully saturated rings. The van der Waals surface area contributed by atoms with Gasteiger partial charge in [-0.1, -0.05) is 6.92 Å². The molecule has 2 aromatic heterocycles. The van der Waals surface area contributed by atoms with Gasteiger partial charge < -0.3 is 15.2 Å². The predicted octanol–water partition coefficient (Wildman–Crippen LogP) is 1.50. The highest BCUT2D eigenvalue weighted by atomic mass is 16.5. The molecule has 22 heavy (non-hydrogen) atoms. The number of fused-ring (bicyclic) bond motifs is 1. The quantitative estimate of drug-likeness (QED) is 0.808. The van der Waals surface area contributed by atoms with E-state index in [9.17, 15) is 9.59 Å². The van der Waals surface area contributed by atoms with Crippen LogP contribution in [0.25, 0.3) is 5.65 Å². The highest BCUT2D eigenvalue weighted by molar-refractivity contribution is 5.95. The first-order valence-corrected chi connectivity index (χ1v) is 7.21. The first-order chi connectivity index (χ1) is 10.6. The largest absolute Gasteiger partial charge is 0.490 e. The van der Waals surface area contributed by atoms with Gasteiger partial charge in [0.25, 0.3) is 5.91 Å². The number of aromatic nitrogens is 2. The van der Waals surface area contributed by atoms with Crippen LogP contribution in [0.15, 0.2) is 18.3 Å². The van der Waals surface area contributed by atoms with E-state index in [1.54, 1.807) is 22.7 Å². The number of nitrogens with one attached hydrogen (secondary N) is 1. The van der Waals surface area contributed by atoms with Crippen molar-refractivity contribution in [3.05, 3.63) is 29.7 Å². The van der Waals surface area contributed by atoms with E-state index in [0.717, 1.165) is 0 Å². The van der Waals surface area contributed by atoms with E-state index in [1.807, 2.05) is 13.8 Å². The second-order valence-corrected chi connectivity index (χ2v) is 4.66. The van der Waals surface area contributed by atoms with Crippen LogP contribution >= 0.6 is 0 Å². The third-order valence-electron chi connectivity index (χ3n) is 3.16. The van der Waals surface area contributed by atoms with Crippen LogP contribution in [-0.4, -0.2) is 39.5 Å². The average Bonchev–Trinajstić information content (AvgIpc) is 2.86. The standard InChI is InChI=1S/C15H19N3O4/c1-3-10-13(15(21)16-8-7-12(19)20)18-9-5-6-11(22-4-2)14(18)17-10/h5-6,9H,3-4,7-8H2,1-2H3,(H,16,21)(H,19,20). The Bertz CT molecular complexity index is 693. The minimum Gasteiger partial charge on any atom is -0.490 e.